The Bertz CT molecular complexity index is 1220. The SMILES string of the molecule is CC1(COc2ccc(-n3cc(C(O)c4c(C5CC5)sc5cncn45)nn3)cc2)COC1. The fourth-order valence-corrected chi connectivity index (χ4v) is 5.18. The van der Waals surface area contributed by atoms with Gasteiger partial charge in [0, 0.05) is 10.3 Å². The highest BCUT2D eigenvalue weighted by atomic mass is 32.1. The number of fused-ring (bicyclic) bond motifs is 1. The van der Waals surface area contributed by atoms with E-state index in [-0.39, 0.29) is 5.41 Å². The van der Waals surface area contributed by atoms with Crippen molar-refractivity contribution in [3.8, 4) is 11.4 Å². The second-order valence-corrected chi connectivity index (χ2v) is 9.87. The van der Waals surface area contributed by atoms with Gasteiger partial charge in [-0.1, -0.05) is 12.1 Å². The fourth-order valence-electron chi connectivity index (χ4n) is 3.88. The highest BCUT2D eigenvalue weighted by Crippen LogP contribution is 2.47. The highest BCUT2D eigenvalue weighted by Gasteiger charge is 2.34. The van der Waals surface area contributed by atoms with Gasteiger partial charge in [0.05, 0.1) is 43.6 Å². The van der Waals surface area contributed by atoms with Crippen LogP contribution in [-0.4, -0.2) is 49.3 Å². The summed E-state index contributed by atoms with van der Waals surface area (Å²) in [5, 5.41) is 19.6. The Morgan fingerprint density at radius 3 is 2.81 bits per heavy atom. The topological polar surface area (TPSA) is 86.7 Å². The molecule has 160 valence electrons. The maximum absolute atomic E-state index is 11.1. The van der Waals surface area contributed by atoms with Gasteiger partial charge in [0.25, 0.3) is 0 Å². The molecule has 1 aromatic carbocycles. The molecule has 6 rings (SSSR count). The smallest absolute Gasteiger partial charge is 0.141 e. The Morgan fingerprint density at radius 1 is 1.29 bits per heavy atom. The van der Waals surface area contributed by atoms with Crippen LogP contribution in [0.1, 0.15) is 48.1 Å². The standard InChI is InChI=1S/C22H23N5O3S/c1-22(10-29-11-22)12-30-16-6-4-15(5-7-16)27-9-17(24-25-27)20(28)19-21(14-2-3-14)31-18-8-23-13-26(18)19/h4-9,13-14,20,28H,2-3,10-12H2,1H3. The van der Waals surface area contributed by atoms with Gasteiger partial charge in [-0.15, -0.1) is 16.4 Å². The van der Waals surface area contributed by atoms with Crippen LogP contribution < -0.4 is 4.74 Å². The fraction of sp³-hybridized carbons (Fsp3) is 0.409. The van der Waals surface area contributed by atoms with Crippen molar-refractivity contribution in [1.82, 2.24) is 24.4 Å². The average Bonchev–Trinajstić information content (AvgIpc) is 3.16. The van der Waals surface area contributed by atoms with Crippen LogP contribution in [0.15, 0.2) is 43.0 Å². The van der Waals surface area contributed by atoms with Crippen molar-refractivity contribution in [3.05, 3.63) is 59.3 Å². The maximum Gasteiger partial charge on any atom is 0.141 e. The van der Waals surface area contributed by atoms with E-state index < -0.39 is 6.10 Å². The van der Waals surface area contributed by atoms with Crippen LogP contribution in [0.5, 0.6) is 5.75 Å². The Kier molecular flexibility index (Phi) is 4.38. The van der Waals surface area contributed by atoms with E-state index in [0.717, 1.165) is 35.2 Å². The number of aliphatic hydroxyl groups excluding tert-OH is 1. The first-order chi connectivity index (χ1) is 15.1. The summed E-state index contributed by atoms with van der Waals surface area (Å²) in [5.41, 5.74) is 2.35. The van der Waals surface area contributed by atoms with E-state index in [1.165, 1.54) is 17.7 Å². The summed E-state index contributed by atoms with van der Waals surface area (Å²) >= 11 is 1.70. The summed E-state index contributed by atoms with van der Waals surface area (Å²) in [6, 6.07) is 7.73. The van der Waals surface area contributed by atoms with E-state index in [2.05, 4.69) is 22.2 Å². The minimum absolute atomic E-state index is 0.108. The summed E-state index contributed by atoms with van der Waals surface area (Å²) in [7, 11) is 0. The molecule has 1 N–H and O–H groups in total. The van der Waals surface area contributed by atoms with E-state index in [9.17, 15) is 5.11 Å². The van der Waals surface area contributed by atoms with Crippen molar-refractivity contribution in [1.29, 1.82) is 0 Å². The van der Waals surface area contributed by atoms with Gasteiger partial charge >= 0.3 is 0 Å². The number of aliphatic hydroxyl groups is 1. The Labute approximate surface area is 183 Å². The molecule has 1 saturated carbocycles. The molecule has 1 aliphatic heterocycles. The molecule has 31 heavy (non-hydrogen) atoms. The van der Waals surface area contributed by atoms with Gasteiger partial charge in [-0.05, 0) is 43.0 Å². The monoisotopic (exact) mass is 437 g/mol. The first kappa shape index (κ1) is 19.0. The molecule has 0 amide bonds. The third-order valence-electron chi connectivity index (χ3n) is 5.92. The maximum atomic E-state index is 11.1. The van der Waals surface area contributed by atoms with Crippen molar-refractivity contribution >= 4 is 16.2 Å². The average molecular weight is 438 g/mol. The van der Waals surface area contributed by atoms with E-state index in [1.54, 1.807) is 28.5 Å². The summed E-state index contributed by atoms with van der Waals surface area (Å²) in [4.78, 5) is 6.49. The number of aromatic nitrogens is 5. The third-order valence-corrected chi connectivity index (χ3v) is 7.19. The summed E-state index contributed by atoms with van der Waals surface area (Å²) in [5.74, 6) is 1.35. The van der Waals surface area contributed by atoms with Gasteiger partial charge in [-0.2, -0.15) is 0 Å². The molecule has 9 heteroatoms. The Hall–Kier alpha value is -2.75. The zero-order valence-electron chi connectivity index (χ0n) is 17.1. The number of hydrogen-bond donors (Lipinski definition) is 1. The largest absolute Gasteiger partial charge is 0.493 e. The molecule has 1 unspecified atom stereocenters. The van der Waals surface area contributed by atoms with Crippen LogP contribution in [0.3, 0.4) is 0 Å². The summed E-state index contributed by atoms with van der Waals surface area (Å²) < 4.78 is 14.8. The Morgan fingerprint density at radius 2 is 2.10 bits per heavy atom. The normalized spacial score (nSPS) is 18.8. The van der Waals surface area contributed by atoms with Crippen molar-refractivity contribution in [2.24, 2.45) is 5.41 Å². The predicted octanol–water partition coefficient (Wildman–Crippen LogP) is 3.35. The highest BCUT2D eigenvalue weighted by molar-refractivity contribution is 7.17. The lowest BCUT2D eigenvalue weighted by Crippen LogP contribution is -2.44. The van der Waals surface area contributed by atoms with Gasteiger partial charge in [0.1, 0.15) is 28.7 Å². The third kappa shape index (κ3) is 3.42. The van der Waals surface area contributed by atoms with Crippen molar-refractivity contribution in [2.75, 3.05) is 19.8 Å². The van der Waals surface area contributed by atoms with Crippen LogP contribution in [0, 0.1) is 5.41 Å². The molecule has 1 atom stereocenters. The number of thiazole rings is 1. The first-order valence-electron chi connectivity index (χ1n) is 10.5. The molecule has 3 aromatic heterocycles. The molecule has 8 nitrogen and oxygen atoms in total. The molecule has 2 aliphatic rings. The lowest BCUT2D eigenvalue weighted by Gasteiger charge is -2.37. The van der Waals surface area contributed by atoms with Crippen molar-refractivity contribution in [2.45, 2.75) is 31.8 Å². The molecule has 0 bridgehead atoms. The van der Waals surface area contributed by atoms with E-state index in [0.29, 0.717) is 18.2 Å². The van der Waals surface area contributed by atoms with Crippen molar-refractivity contribution in [3.63, 3.8) is 0 Å². The molecular weight excluding hydrogens is 414 g/mol. The molecule has 1 saturated heterocycles. The molecule has 0 radical (unpaired) electrons. The number of ether oxygens (including phenoxy) is 2. The van der Waals surface area contributed by atoms with Crippen LogP contribution in [-0.2, 0) is 4.74 Å². The van der Waals surface area contributed by atoms with Crippen molar-refractivity contribution < 1.29 is 14.6 Å². The minimum atomic E-state index is -0.847. The lowest BCUT2D eigenvalue weighted by atomic mass is 9.90. The van der Waals surface area contributed by atoms with Gasteiger partial charge in [0.2, 0.25) is 0 Å². The molecule has 0 spiro atoms. The quantitative estimate of drug-likeness (QED) is 0.477. The van der Waals surface area contributed by atoms with Crippen LogP contribution in [0.25, 0.3) is 10.5 Å². The second-order valence-electron chi connectivity index (χ2n) is 8.80. The molecule has 4 aromatic rings. The van der Waals surface area contributed by atoms with Gasteiger partial charge in [-0.25, -0.2) is 9.67 Å². The van der Waals surface area contributed by atoms with E-state index in [1.807, 2.05) is 34.9 Å². The second kappa shape index (κ2) is 7.15. The van der Waals surface area contributed by atoms with Gasteiger partial charge < -0.3 is 14.6 Å². The van der Waals surface area contributed by atoms with E-state index >= 15 is 0 Å². The first-order valence-corrected chi connectivity index (χ1v) is 11.3. The predicted molar refractivity (Wildman–Crippen MR) is 115 cm³/mol. The lowest BCUT2D eigenvalue weighted by molar-refractivity contribution is -0.120. The number of nitrogens with zero attached hydrogens (tertiary/aromatic N) is 5. The van der Waals surface area contributed by atoms with Crippen LogP contribution in [0.4, 0.5) is 0 Å². The zero-order chi connectivity index (χ0) is 21.0. The molecule has 1 aliphatic carbocycles. The Balaban J connectivity index is 1.22. The number of hydrogen-bond acceptors (Lipinski definition) is 7. The number of benzene rings is 1. The molecular formula is C22H23N5O3S. The minimum Gasteiger partial charge on any atom is -0.493 e. The molecule has 2 fully saturated rings. The number of rotatable bonds is 7. The van der Waals surface area contributed by atoms with Crippen LogP contribution in [0.2, 0.25) is 0 Å². The summed E-state index contributed by atoms with van der Waals surface area (Å²) in [6.07, 6.45) is 6.88. The molecule has 4 heterocycles. The van der Waals surface area contributed by atoms with Gasteiger partial charge in [-0.3, -0.25) is 4.40 Å². The van der Waals surface area contributed by atoms with Crippen LogP contribution >= 0.6 is 11.3 Å². The van der Waals surface area contributed by atoms with Gasteiger partial charge in [0.15, 0.2) is 0 Å². The number of imidazole rings is 1. The zero-order valence-corrected chi connectivity index (χ0v) is 18.0. The van der Waals surface area contributed by atoms with E-state index in [4.69, 9.17) is 9.47 Å². The summed E-state index contributed by atoms with van der Waals surface area (Å²) in [6.45, 7) is 4.28.